The maximum Gasteiger partial charge on any atom is 0.105 e. The molecule has 5 nitrogen and oxygen atoms in total. The Kier molecular flexibility index (Phi) is 25.7. The lowest BCUT2D eigenvalue weighted by Gasteiger charge is -2.33. The van der Waals surface area contributed by atoms with Gasteiger partial charge < -0.3 is 23.7 Å². The minimum absolute atomic E-state index is 0.0529. The van der Waals surface area contributed by atoms with E-state index < -0.39 is 6.15 Å². The van der Waals surface area contributed by atoms with Crippen LogP contribution in [0.1, 0.15) is 32.1 Å². The van der Waals surface area contributed by atoms with E-state index in [1.54, 1.807) is 7.11 Å². The summed E-state index contributed by atoms with van der Waals surface area (Å²) in [4.78, 5) is 0. The summed E-state index contributed by atoms with van der Waals surface area (Å²) in [6.07, 6.45) is 11.1. The van der Waals surface area contributed by atoms with E-state index in [9.17, 15) is 0 Å². The predicted octanol–water partition coefficient (Wildman–Crippen LogP) is 7.07. The van der Waals surface area contributed by atoms with Gasteiger partial charge in [0.15, 0.2) is 0 Å². The van der Waals surface area contributed by atoms with Gasteiger partial charge in [0.1, 0.15) is 6.15 Å². The molecular weight excluding hydrogens is 508 g/mol. The minimum Gasteiger partial charge on any atom is -0.385 e. The molecule has 0 aliphatic rings. The van der Waals surface area contributed by atoms with Crippen LogP contribution in [0, 0.1) is 0 Å². The van der Waals surface area contributed by atoms with E-state index in [1.807, 2.05) is 28.4 Å². The molecule has 0 bridgehead atoms. The second kappa shape index (κ2) is 23.9. The summed E-state index contributed by atoms with van der Waals surface area (Å²) in [5.74, 6) is 0. The Bertz CT molecular complexity index is 369. The van der Waals surface area contributed by atoms with Crippen molar-refractivity contribution >= 4 is 50.3 Å². The molecule has 0 rings (SSSR count). The van der Waals surface area contributed by atoms with Crippen molar-refractivity contribution in [3.8, 4) is 0 Å². The molecule has 0 saturated carbocycles. The molecule has 2 unspecified atom stereocenters. The molecule has 0 fully saturated rings. The van der Waals surface area contributed by atoms with Crippen LogP contribution in [0.2, 0.25) is 0 Å². The van der Waals surface area contributed by atoms with Crippen molar-refractivity contribution in [3.05, 3.63) is 0 Å². The molecule has 188 valence electrons. The number of hydrogen-bond acceptors (Lipinski definition) is 7. The highest BCUT2D eigenvalue weighted by Gasteiger charge is 2.47. The van der Waals surface area contributed by atoms with Gasteiger partial charge in [0.2, 0.25) is 0 Å². The lowest BCUT2D eigenvalue weighted by Crippen LogP contribution is -2.09. The number of ether oxygens (including phenoxy) is 5. The first-order chi connectivity index (χ1) is 15.1. The zero-order valence-electron chi connectivity index (χ0n) is 20.4. The quantitative estimate of drug-likeness (QED) is 0.0717. The van der Waals surface area contributed by atoms with E-state index in [-0.39, 0.29) is 14.4 Å². The molecule has 0 aliphatic carbocycles. The van der Waals surface area contributed by atoms with Crippen molar-refractivity contribution in [2.24, 2.45) is 0 Å². The third kappa shape index (κ3) is 17.3. The van der Waals surface area contributed by atoms with Crippen molar-refractivity contribution < 1.29 is 23.7 Å². The highest BCUT2D eigenvalue weighted by molar-refractivity contribution is 9.23. The lowest BCUT2D eigenvalue weighted by molar-refractivity contribution is 0.198. The van der Waals surface area contributed by atoms with Crippen molar-refractivity contribution in [1.29, 1.82) is 0 Å². The Morgan fingerprint density at radius 1 is 0.613 bits per heavy atom. The standard InChI is InChI=1S/C20H47O5P4S2/c1-21-11-6-16-27(17-7-12-22-2)29(19-9-14-24-4,20-10-15-25-5)31-30-28(26)18-8-13-23-3/h6-20,26H2,1-5H3/q+1. The zero-order chi connectivity index (χ0) is 23.2. The number of rotatable bonds is 24. The van der Waals surface area contributed by atoms with Gasteiger partial charge in [-0.3, -0.25) is 0 Å². The van der Waals surface area contributed by atoms with Gasteiger partial charge in [-0.15, -0.1) is 0 Å². The molecule has 0 saturated heterocycles. The second-order valence-electron chi connectivity index (χ2n) is 7.27. The van der Waals surface area contributed by atoms with Crippen molar-refractivity contribution in [1.82, 2.24) is 0 Å². The maximum absolute atomic E-state index is 5.46. The Hall–Kier alpha value is 2.22. The smallest absolute Gasteiger partial charge is 0.105 e. The molecule has 31 heavy (non-hydrogen) atoms. The van der Waals surface area contributed by atoms with Crippen LogP contribution in [-0.2, 0) is 23.7 Å². The van der Waals surface area contributed by atoms with E-state index in [2.05, 4.69) is 29.8 Å². The molecular formula is C20H47O5P4S2+. The van der Waals surface area contributed by atoms with Crippen molar-refractivity contribution in [2.45, 2.75) is 32.1 Å². The van der Waals surface area contributed by atoms with Gasteiger partial charge in [-0.25, -0.2) is 0 Å². The van der Waals surface area contributed by atoms with Gasteiger partial charge in [0.25, 0.3) is 0 Å². The summed E-state index contributed by atoms with van der Waals surface area (Å²) < 4.78 is 27.0. The summed E-state index contributed by atoms with van der Waals surface area (Å²) in [5.41, 5.74) is 0. The summed E-state index contributed by atoms with van der Waals surface area (Å²) in [7, 11) is 16.6. The van der Waals surface area contributed by atoms with E-state index in [4.69, 9.17) is 23.7 Å². The Balaban J connectivity index is 5.46. The minimum atomic E-state index is -1.19. The molecule has 0 radical (unpaired) electrons. The fourth-order valence-corrected chi connectivity index (χ4v) is 37.0. The molecule has 0 heterocycles. The molecule has 11 heteroatoms. The predicted molar refractivity (Wildman–Crippen MR) is 152 cm³/mol. The number of hydrogen-bond donors (Lipinski definition) is 0. The van der Waals surface area contributed by atoms with Gasteiger partial charge in [-0.1, -0.05) is 8.93 Å². The third-order valence-corrected chi connectivity index (χ3v) is 33.1. The Labute approximate surface area is 205 Å². The van der Waals surface area contributed by atoms with E-state index in [1.165, 1.54) is 43.7 Å². The summed E-state index contributed by atoms with van der Waals surface area (Å²) in [6.45, 7) is 4.21. The average molecular weight is 556 g/mol. The first kappa shape index (κ1) is 33.2. The van der Waals surface area contributed by atoms with Crippen LogP contribution < -0.4 is 0 Å². The number of methoxy groups -OCH3 is 5. The van der Waals surface area contributed by atoms with Crippen LogP contribution in [0.25, 0.3) is 0 Å². The van der Waals surface area contributed by atoms with Gasteiger partial charge in [0, 0.05) is 93.7 Å². The monoisotopic (exact) mass is 555 g/mol. The molecule has 2 atom stereocenters. The van der Waals surface area contributed by atoms with Gasteiger partial charge in [-0.2, -0.15) is 0 Å². The third-order valence-electron chi connectivity index (χ3n) is 4.75. The molecule has 0 aromatic heterocycles. The van der Waals surface area contributed by atoms with Crippen LogP contribution in [0.5, 0.6) is 0 Å². The Morgan fingerprint density at radius 3 is 1.42 bits per heavy atom. The highest BCUT2D eigenvalue weighted by atomic mass is 33.5. The van der Waals surface area contributed by atoms with Crippen LogP contribution in [0.4, 0.5) is 0 Å². The van der Waals surface area contributed by atoms with Crippen molar-refractivity contribution in [3.63, 3.8) is 0 Å². The SMILES string of the molecule is COCCCP(P)SS[P+](CCCOC)(CCCOC)P(CCCOC)CCCOC. The van der Waals surface area contributed by atoms with Crippen LogP contribution in [0.3, 0.4) is 0 Å². The molecule has 0 N–H and O–H groups in total. The van der Waals surface area contributed by atoms with Crippen LogP contribution in [-0.4, -0.2) is 99.4 Å². The molecule has 0 spiro atoms. The molecule has 0 aromatic rings. The first-order valence-electron chi connectivity index (χ1n) is 11.1. The largest absolute Gasteiger partial charge is 0.385 e. The summed E-state index contributed by atoms with van der Waals surface area (Å²) in [5, 5.41) is 0. The highest BCUT2D eigenvalue weighted by Crippen LogP contribution is 2.95. The summed E-state index contributed by atoms with van der Waals surface area (Å²) >= 11 is 0. The molecule has 0 aliphatic heterocycles. The maximum atomic E-state index is 5.46. The van der Waals surface area contributed by atoms with Gasteiger partial charge >= 0.3 is 0 Å². The average Bonchev–Trinajstić information content (AvgIpc) is 2.77. The summed E-state index contributed by atoms with van der Waals surface area (Å²) in [6, 6.07) is 0. The topological polar surface area (TPSA) is 46.2 Å². The van der Waals surface area contributed by atoms with Gasteiger partial charge in [0.05, 0.1) is 30.3 Å². The van der Waals surface area contributed by atoms with Crippen LogP contribution >= 0.6 is 50.3 Å². The zero-order valence-corrected chi connectivity index (χ0v) is 25.9. The fourth-order valence-electron chi connectivity index (χ4n) is 3.19. The van der Waals surface area contributed by atoms with E-state index in [0.717, 1.165) is 52.3 Å². The fraction of sp³-hybridized carbons (Fsp3) is 1.00. The van der Waals surface area contributed by atoms with E-state index >= 15 is 0 Å². The normalized spacial score (nSPS) is 13.3. The first-order valence-corrected chi connectivity index (χ1v) is 22.1. The van der Waals surface area contributed by atoms with E-state index in [0.29, 0.717) is 0 Å². The molecule has 0 amide bonds. The van der Waals surface area contributed by atoms with Crippen molar-refractivity contribution in [2.75, 3.05) is 99.4 Å². The molecule has 0 aromatic carbocycles. The lowest BCUT2D eigenvalue weighted by atomic mass is 10.5. The second-order valence-corrected chi connectivity index (χ2v) is 28.2. The Morgan fingerprint density at radius 2 is 1.00 bits per heavy atom. The van der Waals surface area contributed by atoms with Gasteiger partial charge in [-0.05, 0) is 42.7 Å². The van der Waals surface area contributed by atoms with Crippen LogP contribution in [0.15, 0.2) is 0 Å².